The van der Waals surface area contributed by atoms with Crippen molar-refractivity contribution in [2.24, 2.45) is 0 Å². The smallest absolute Gasteiger partial charge is 0.339 e. The zero-order valence-corrected chi connectivity index (χ0v) is 9.09. The van der Waals surface area contributed by atoms with E-state index in [1.54, 1.807) is 0 Å². The molecule has 0 aliphatic carbocycles. The highest BCUT2D eigenvalue weighted by molar-refractivity contribution is 6.31. The summed E-state index contributed by atoms with van der Waals surface area (Å²) in [6, 6.07) is 1.58. The van der Waals surface area contributed by atoms with Crippen molar-refractivity contribution in [3.63, 3.8) is 0 Å². The van der Waals surface area contributed by atoms with Gasteiger partial charge >= 0.3 is 5.97 Å². The van der Waals surface area contributed by atoms with Gasteiger partial charge in [-0.15, -0.1) is 0 Å². The van der Waals surface area contributed by atoms with Crippen LogP contribution >= 0.6 is 11.6 Å². The van der Waals surface area contributed by atoms with Crippen molar-refractivity contribution in [1.82, 2.24) is 0 Å². The molecule has 1 unspecified atom stereocenters. The average Bonchev–Trinajstić information content (AvgIpc) is 2.24. The number of aliphatic hydroxyl groups is 1. The first-order chi connectivity index (χ1) is 7.49. The molecule has 1 aromatic carbocycles. The number of esters is 1. The van der Waals surface area contributed by atoms with E-state index in [1.807, 2.05) is 0 Å². The van der Waals surface area contributed by atoms with Crippen LogP contribution in [0.2, 0.25) is 5.02 Å². The normalized spacial score (nSPS) is 12.3. The van der Waals surface area contributed by atoms with E-state index in [-0.39, 0.29) is 6.61 Å². The molecule has 0 saturated heterocycles. The van der Waals surface area contributed by atoms with Crippen molar-refractivity contribution in [1.29, 1.82) is 0 Å². The molecule has 3 nitrogen and oxygen atoms in total. The first-order valence-corrected chi connectivity index (χ1v) is 4.85. The summed E-state index contributed by atoms with van der Waals surface area (Å²) >= 11 is 5.45. The Kier molecular flexibility index (Phi) is 4.20. The molecule has 0 aromatic heterocycles. The first-order valence-electron chi connectivity index (χ1n) is 4.47. The molecule has 0 bridgehead atoms. The molecule has 0 spiro atoms. The molecule has 0 aliphatic rings. The second-order valence-electron chi connectivity index (χ2n) is 2.91. The Balaban J connectivity index is 3.12. The lowest BCUT2D eigenvalue weighted by Crippen LogP contribution is -2.17. The van der Waals surface area contributed by atoms with Gasteiger partial charge in [-0.25, -0.2) is 13.6 Å². The average molecular weight is 251 g/mol. The van der Waals surface area contributed by atoms with E-state index in [1.165, 1.54) is 6.92 Å². The minimum Gasteiger partial charge on any atom is -0.464 e. The molecule has 0 amide bonds. The summed E-state index contributed by atoms with van der Waals surface area (Å²) < 4.78 is 30.7. The molecule has 0 fully saturated rings. The summed E-state index contributed by atoms with van der Waals surface area (Å²) in [6.45, 7) is 1.54. The Labute approximate surface area is 95.6 Å². The number of aliphatic hydroxyl groups excluding tert-OH is 1. The number of hydrogen-bond donors (Lipinski definition) is 1. The van der Waals surface area contributed by atoms with E-state index >= 15 is 0 Å². The molecule has 0 saturated carbocycles. The van der Waals surface area contributed by atoms with Gasteiger partial charge in [-0.3, -0.25) is 0 Å². The van der Waals surface area contributed by atoms with Gasteiger partial charge in [0, 0.05) is 5.56 Å². The van der Waals surface area contributed by atoms with Crippen LogP contribution in [0.1, 0.15) is 18.6 Å². The topological polar surface area (TPSA) is 46.5 Å². The van der Waals surface area contributed by atoms with Crippen molar-refractivity contribution in [2.75, 3.05) is 6.61 Å². The maximum Gasteiger partial charge on any atom is 0.339 e. The molecule has 16 heavy (non-hydrogen) atoms. The summed E-state index contributed by atoms with van der Waals surface area (Å²) in [6.07, 6.45) is -1.93. The van der Waals surface area contributed by atoms with Gasteiger partial charge < -0.3 is 9.84 Å². The van der Waals surface area contributed by atoms with Gasteiger partial charge in [0.05, 0.1) is 11.6 Å². The second kappa shape index (κ2) is 5.23. The van der Waals surface area contributed by atoms with Crippen LogP contribution in [0.5, 0.6) is 0 Å². The van der Waals surface area contributed by atoms with Crippen LogP contribution in [-0.2, 0) is 9.53 Å². The number of carbonyl (C=O) groups excluding carboxylic acids is 1. The van der Waals surface area contributed by atoms with Gasteiger partial charge in [0.1, 0.15) is 11.6 Å². The maximum absolute atomic E-state index is 13.3. The Morgan fingerprint density at radius 1 is 1.50 bits per heavy atom. The summed E-state index contributed by atoms with van der Waals surface area (Å²) in [5.41, 5.74) is -0.611. The number of benzene rings is 1. The Morgan fingerprint density at radius 3 is 2.62 bits per heavy atom. The van der Waals surface area contributed by atoms with Crippen LogP contribution < -0.4 is 0 Å². The predicted octanol–water partition coefficient (Wildman–Crippen LogP) is 2.21. The van der Waals surface area contributed by atoms with Gasteiger partial charge in [0.15, 0.2) is 6.10 Å². The van der Waals surface area contributed by atoms with Gasteiger partial charge in [0.2, 0.25) is 0 Å². The predicted molar refractivity (Wildman–Crippen MR) is 53.0 cm³/mol. The molecule has 1 aromatic rings. The minimum atomic E-state index is -1.93. The summed E-state index contributed by atoms with van der Waals surface area (Å²) in [7, 11) is 0. The lowest BCUT2D eigenvalue weighted by Gasteiger charge is -2.12. The molecule has 6 heteroatoms. The van der Waals surface area contributed by atoms with Crippen molar-refractivity contribution in [2.45, 2.75) is 13.0 Å². The zero-order chi connectivity index (χ0) is 12.3. The molecule has 1 atom stereocenters. The second-order valence-corrected chi connectivity index (χ2v) is 3.29. The largest absolute Gasteiger partial charge is 0.464 e. The number of carbonyl (C=O) groups is 1. The third-order valence-electron chi connectivity index (χ3n) is 1.86. The summed E-state index contributed by atoms with van der Waals surface area (Å²) in [4.78, 5) is 11.1. The van der Waals surface area contributed by atoms with Crippen LogP contribution in [-0.4, -0.2) is 17.7 Å². The summed E-state index contributed by atoms with van der Waals surface area (Å²) in [5, 5.41) is 8.82. The highest BCUT2D eigenvalue weighted by atomic mass is 35.5. The molecule has 0 heterocycles. The Morgan fingerprint density at radius 2 is 2.06 bits per heavy atom. The molecule has 1 N–H and O–H groups in total. The fourth-order valence-electron chi connectivity index (χ4n) is 1.13. The molecule has 0 aliphatic heterocycles. The lowest BCUT2D eigenvalue weighted by atomic mass is 10.1. The Bertz CT molecular complexity index is 409. The van der Waals surface area contributed by atoms with E-state index in [0.29, 0.717) is 0 Å². The quantitative estimate of drug-likeness (QED) is 0.661. The standard InChI is InChI=1S/C10H9ClF2O3/c1-2-16-10(15)9(14)7-5(12)3-4-6(13)8(7)11/h3-4,9,14H,2H2,1H3. The fraction of sp³-hybridized carbons (Fsp3) is 0.300. The molecular formula is C10H9ClF2O3. The minimum absolute atomic E-state index is 0.0183. The SMILES string of the molecule is CCOC(=O)C(O)c1c(F)ccc(F)c1Cl. The van der Waals surface area contributed by atoms with Crippen LogP contribution in [0.4, 0.5) is 8.78 Å². The van der Waals surface area contributed by atoms with E-state index in [2.05, 4.69) is 4.74 Å². The molecule has 88 valence electrons. The van der Waals surface area contributed by atoms with Crippen molar-refractivity contribution in [3.8, 4) is 0 Å². The van der Waals surface area contributed by atoms with Crippen LogP contribution in [0.15, 0.2) is 12.1 Å². The number of halogens is 3. The third kappa shape index (κ3) is 2.48. The summed E-state index contributed by atoms with van der Waals surface area (Å²) in [5.74, 6) is -2.96. The van der Waals surface area contributed by atoms with E-state index < -0.39 is 34.3 Å². The fourth-order valence-corrected chi connectivity index (χ4v) is 1.39. The monoisotopic (exact) mass is 250 g/mol. The van der Waals surface area contributed by atoms with Crippen LogP contribution in [0, 0.1) is 11.6 Å². The maximum atomic E-state index is 13.3. The van der Waals surface area contributed by atoms with Crippen LogP contribution in [0.25, 0.3) is 0 Å². The van der Waals surface area contributed by atoms with Gasteiger partial charge in [0.25, 0.3) is 0 Å². The van der Waals surface area contributed by atoms with Gasteiger partial charge in [-0.2, -0.15) is 0 Å². The lowest BCUT2D eigenvalue weighted by molar-refractivity contribution is -0.153. The molecular weight excluding hydrogens is 242 g/mol. The number of hydrogen-bond acceptors (Lipinski definition) is 3. The van der Waals surface area contributed by atoms with Crippen LogP contribution in [0.3, 0.4) is 0 Å². The van der Waals surface area contributed by atoms with Crippen molar-refractivity contribution >= 4 is 17.6 Å². The first kappa shape index (κ1) is 12.9. The zero-order valence-electron chi connectivity index (χ0n) is 8.34. The Hall–Kier alpha value is -1.20. The van der Waals surface area contributed by atoms with E-state index in [4.69, 9.17) is 11.6 Å². The highest BCUT2D eigenvalue weighted by Gasteiger charge is 2.26. The third-order valence-corrected chi connectivity index (χ3v) is 2.25. The van der Waals surface area contributed by atoms with Gasteiger partial charge in [-0.05, 0) is 19.1 Å². The van der Waals surface area contributed by atoms with E-state index in [9.17, 15) is 18.7 Å². The van der Waals surface area contributed by atoms with E-state index in [0.717, 1.165) is 12.1 Å². The molecule has 1 rings (SSSR count). The molecule has 0 radical (unpaired) electrons. The number of ether oxygens (including phenoxy) is 1. The highest BCUT2D eigenvalue weighted by Crippen LogP contribution is 2.29. The van der Waals surface area contributed by atoms with Crippen molar-refractivity contribution in [3.05, 3.63) is 34.4 Å². The van der Waals surface area contributed by atoms with Crippen molar-refractivity contribution < 1.29 is 23.4 Å². The number of rotatable bonds is 3. The van der Waals surface area contributed by atoms with Gasteiger partial charge in [-0.1, -0.05) is 11.6 Å².